The van der Waals surface area contributed by atoms with Gasteiger partial charge in [0.2, 0.25) is 11.7 Å². The molecule has 1 N–H and O–H groups in total. The topological polar surface area (TPSA) is 93.3 Å². The fourth-order valence-corrected chi connectivity index (χ4v) is 4.37. The Morgan fingerprint density at radius 2 is 2.22 bits per heavy atom. The number of fused-ring (bicyclic) bond motifs is 2. The van der Waals surface area contributed by atoms with Gasteiger partial charge in [-0.15, -0.1) is 0 Å². The molecule has 2 aromatic heterocycles. The molecular formula is C19H17N5O3. The number of anilines is 1. The number of carbonyl (C=O) groups is 2. The van der Waals surface area contributed by atoms with E-state index in [0.29, 0.717) is 18.8 Å². The molecule has 0 unspecified atom stereocenters. The number of oxazole rings is 1. The highest BCUT2D eigenvalue weighted by Crippen LogP contribution is 2.54. The van der Waals surface area contributed by atoms with Crippen LogP contribution in [0.2, 0.25) is 0 Å². The van der Waals surface area contributed by atoms with Crippen LogP contribution < -0.4 is 5.32 Å². The summed E-state index contributed by atoms with van der Waals surface area (Å²) in [6, 6.07) is 7.10. The standard InChI is InChI=1S/C19H17N5O3/c1-23-9-7-21-16(23)15-19(12-4-2-3-5-13(12)22-18(19)26)6-8-24(15)17(25)14-10-20-11-27-14/h2-5,7,9-11,15H,6,8H2,1H3,(H,22,26)/t15-,19+/m0/s1. The summed E-state index contributed by atoms with van der Waals surface area (Å²) in [4.78, 5) is 36.3. The molecule has 136 valence electrons. The molecule has 0 radical (unpaired) electrons. The van der Waals surface area contributed by atoms with Crippen molar-refractivity contribution in [3.05, 3.63) is 66.4 Å². The molecule has 2 atom stereocenters. The molecule has 1 fully saturated rings. The number of hydrogen-bond acceptors (Lipinski definition) is 5. The first-order chi connectivity index (χ1) is 13.1. The van der Waals surface area contributed by atoms with Crippen LogP contribution in [0.15, 0.2) is 53.7 Å². The normalized spacial score (nSPS) is 23.7. The van der Waals surface area contributed by atoms with Crippen molar-refractivity contribution in [1.29, 1.82) is 0 Å². The third kappa shape index (κ3) is 2.03. The highest BCUT2D eigenvalue weighted by molar-refractivity contribution is 6.08. The Morgan fingerprint density at radius 1 is 1.37 bits per heavy atom. The van der Waals surface area contributed by atoms with E-state index in [4.69, 9.17) is 4.42 Å². The summed E-state index contributed by atoms with van der Waals surface area (Å²) >= 11 is 0. The van der Waals surface area contributed by atoms with Crippen molar-refractivity contribution in [3.8, 4) is 0 Å². The minimum Gasteiger partial charge on any atom is -0.438 e. The van der Waals surface area contributed by atoms with Crippen molar-refractivity contribution in [2.45, 2.75) is 17.9 Å². The maximum atomic E-state index is 13.2. The van der Waals surface area contributed by atoms with E-state index in [-0.39, 0.29) is 17.6 Å². The van der Waals surface area contributed by atoms with E-state index in [1.54, 1.807) is 11.1 Å². The SMILES string of the molecule is Cn1ccnc1[C@@H]1N(C(=O)c2cnco2)CC[C@]12C(=O)Nc1ccccc12. The summed E-state index contributed by atoms with van der Waals surface area (Å²) in [5, 5.41) is 2.99. The van der Waals surface area contributed by atoms with Crippen LogP contribution in [-0.4, -0.2) is 37.8 Å². The molecule has 8 heteroatoms. The number of benzene rings is 1. The summed E-state index contributed by atoms with van der Waals surface area (Å²) in [7, 11) is 1.87. The van der Waals surface area contributed by atoms with Crippen molar-refractivity contribution < 1.29 is 14.0 Å². The molecule has 5 rings (SSSR count). The van der Waals surface area contributed by atoms with Gasteiger partial charge in [0, 0.05) is 31.7 Å². The van der Waals surface area contributed by atoms with Crippen LogP contribution in [0, 0.1) is 0 Å². The predicted octanol–water partition coefficient (Wildman–Crippen LogP) is 1.89. The lowest BCUT2D eigenvalue weighted by Crippen LogP contribution is -2.43. The fraction of sp³-hybridized carbons (Fsp3) is 0.263. The third-order valence-electron chi connectivity index (χ3n) is 5.59. The number of carbonyl (C=O) groups excluding carboxylic acids is 2. The maximum Gasteiger partial charge on any atom is 0.291 e. The average Bonchev–Trinajstić information content (AvgIpc) is 3.44. The van der Waals surface area contributed by atoms with Gasteiger partial charge in [-0.05, 0) is 18.1 Å². The molecule has 4 heterocycles. The van der Waals surface area contributed by atoms with Gasteiger partial charge in [-0.25, -0.2) is 9.97 Å². The molecule has 27 heavy (non-hydrogen) atoms. The monoisotopic (exact) mass is 363 g/mol. The van der Waals surface area contributed by atoms with E-state index >= 15 is 0 Å². The van der Waals surface area contributed by atoms with E-state index in [0.717, 1.165) is 11.3 Å². The Kier molecular flexibility index (Phi) is 3.24. The largest absolute Gasteiger partial charge is 0.438 e. The van der Waals surface area contributed by atoms with E-state index in [1.807, 2.05) is 42.1 Å². The van der Waals surface area contributed by atoms with E-state index in [1.165, 1.54) is 12.6 Å². The minimum atomic E-state index is -0.884. The molecule has 1 saturated heterocycles. The summed E-state index contributed by atoms with van der Waals surface area (Å²) in [5.74, 6) is 0.407. The van der Waals surface area contributed by atoms with Gasteiger partial charge in [0.1, 0.15) is 17.3 Å². The zero-order valence-corrected chi connectivity index (χ0v) is 14.6. The molecule has 2 amide bonds. The molecule has 3 aromatic rings. The van der Waals surface area contributed by atoms with Gasteiger partial charge >= 0.3 is 0 Å². The van der Waals surface area contributed by atoms with Crippen molar-refractivity contribution in [3.63, 3.8) is 0 Å². The van der Waals surface area contributed by atoms with Gasteiger partial charge in [-0.3, -0.25) is 9.59 Å². The van der Waals surface area contributed by atoms with Crippen LogP contribution in [0.3, 0.4) is 0 Å². The fourth-order valence-electron chi connectivity index (χ4n) is 4.37. The van der Waals surface area contributed by atoms with Crippen molar-refractivity contribution in [2.24, 2.45) is 7.05 Å². The second-order valence-corrected chi connectivity index (χ2v) is 6.88. The first-order valence-corrected chi connectivity index (χ1v) is 8.70. The lowest BCUT2D eigenvalue weighted by molar-refractivity contribution is -0.121. The van der Waals surface area contributed by atoms with Crippen LogP contribution in [0.1, 0.15) is 34.4 Å². The summed E-state index contributed by atoms with van der Waals surface area (Å²) < 4.78 is 7.07. The van der Waals surface area contributed by atoms with Crippen molar-refractivity contribution in [1.82, 2.24) is 19.4 Å². The number of hydrogen-bond donors (Lipinski definition) is 1. The molecule has 2 aliphatic rings. The summed E-state index contributed by atoms with van der Waals surface area (Å²) in [6.07, 6.45) is 6.62. The molecule has 2 aliphatic heterocycles. The number of imidazole rings is 1. The minimum absolute atomic E-state index is 0.107. The van der Waals surface area contributed by atoms with Crippen LogP contribution in [0.25, 0.3) is 0 Å². The van der Waals surface area contributed by atoms with Gasteiger partial charge < -0.3 is 19.2 Å². The first kappa shape index (κ1) is 15.8. The lowest BCUT2D eigenvalue weighted by Gasteiger charge is -2.33. The number of likely N-dealkylation sites (tertiary alicyclic amines) is 1. The number of nitrogens with zero attached hydrogens (tertiary/aromatic N) is 4. The maximum absolute atomic E-state index is 13.2. The molecule has 0 saturated carbocycles. The van der Waals surface area contributed by atoms with E-state index < -0.39 is 11.5 Å². The quantitative estimate of drug-likeness (QED) is 0.750. The second kappa shape index (κ2) is 5.54. The zero-order valence-electron chi connectivity index (χ0n) is 14.6. The number of nitrogens with one attached hydrogen (secondary N) is 1. The van der Waals surface area contributed by atoms with Crippen molar-refractivity contribution >= 4 is 17.5 Å². The van der Waals surface area contributed by atoms with Gasteiger partial charge in [-0.1, -0.05) is 18.2 Å². The number of rotatable bonds is 2. The number of aromatic nitrogens is 3. The van der Waals surface area contributed by atoms with Gasteiger partial charge in [0.25, 0.3) is 5.91 Å². The predicted molar refractivity (Wildman–Crippen MR) is 94.9 cm³/mol. The highest BCUT2D eigenvalue weighted by atomic mass is 16.3. The Morgan fingerprint density at radius 3 is 2.96 bits per heavy atom. The van der Waals surface area contributed by atoms with Crippen molar-refractivity contribution in [2.75, 3.05) is 11.9 Å². The Bertz CT molecular complexity index is 1040. The number of amides is 2. The number of para-hydroxylation sites is 1. The third-order valence-corrected chi connectivity index (χ3v) is 5.59. The van der Waals surface area contributed by atoms with Crippen LogP contribution >= 0.6 is 0 Å². The Hall–Kier alpha value is -3.42. The molecule has 0 bridgehead atoms. The Labute approximate surface area is 154 Å². The van der Waals surface area contributed by atoms with Gasteiger partial charge in [-0.2, -0.15) is 0 Å². The van der Waals surface area contributed by atoms with Crippen LogP contribution in [0.5, 0.6) is 0 Å². The zero-order chi connectivity index (χ0) is 18.6. The molecule has 8 nitrogen and oxygen atoms in total. The summed E-state index contributed by atoms with van der Waals surface area (Å²) in [5.41, 5.74) is 0.803. The van der Waals surface area contributed by atoms with Gasteiger partial charge in [0.15, 0.2) is 6.39 Å². The molecule has 1 aromatic carbocycles. The molecule has 1 spiro atoms. The van der Waals surface area contributed by atoms with Crippen LogP contribution in [-0.2, 0) is 17.3 Å². The molecular weight excluding hydrogens is 346 g/mol. The van der Waals surface area contributed by atoms with Crippen LogP contribution in [0.4, 0.5) is 5.69 Å². The molecule has 0 aliphatic carbocycles. The highest BCUT2D eigenvalue weighted by Gasteiger charge is 2.60. The smallest absolute Gasteiger partial charge is 0.291 e. The number of aryl methyl sites for hydroxylation is 1. The van der Waals surface area contributed by atoms with Gasteiger partial charge in [0.05, 0.1) is 6.20 Å². The first-order valence-electron chi connectivity index (χ1n) is 8.70. The second-order valence-electron chi connectivity index (χ2n) is 6.88. The Balaban J connectivity index is 1.70. The summed E-state index contributed by atoms with van der Waals surface area (Å²) in [6.45, 7) is 0.415. The van der Waals surface area contributed by atoms with E-state index in [9.17, 15) is 9.59 Å². The lowest BCUT2D eigenvalue weighted by atomic mass is 9.74. The average molecular weight is 363 g/mol. The van der Waals surface area contributed by atoms with E-state index in [2.05, 4.69) is 15.3 Å².